The molecular formula is C11H25N3O11P2. The van der Waals surface area contributed by atoms with E-state index in [1.54, 1.807) is 0 Å². The molecule has 0 bridgehead atoms. The van der Waals surface area contributed by atoms with Crippen LogP contribution < -0.4 is 17.2 Å². The molecule has 160 valence electrons. The highest BCUT2D eigenvalue weighted by Crippen LogP contribution is 2.72. The number of esters is 2. The quantitative estimate of drug-likeness (QED) is 0.103. The number of nitrogens with two attached hydrogens (primary N) is 3. The van der Waals surface area contributed by atoms with Crippen LogP contribution in [0.4, 0.5) is 0 Å². The summed E-state index contributed by atoms with van der Waals surface area (Å²) in [5.41, 5.74) is 15.7. The van der Waals surface area contributed by atoms with Crippen LogP contribution in [0.15, 0.2) is 0 Å². The van der Waals surface area contributed by atoms with Crippen LogP contribution in [0.1, 0.15) is 26.7 Å². The van der Waals surface area contributed by atoms with E-state index in [9.17, 15) is 38.5 Å². The van der Waals surface area contributed by atoms with Crippen LogP contribution in [0.25, 0.3) is 0 Å². The largest absolute Gasteiger partial charge is 0.399 e. The lowest BCUT2D eigenvalue weighted by molar-refractivity contribution is -0.239. The van der Waals surface area contributed by atoms with E-state index < -0.39 is 57.2 Å². The van der Waals surface area contributed by atoms with Crippen LogP contribution >= 0.6 is 15.2 Å². The fourth-order valence-corrected chi connectivity index (χ4v) is 4.30. The smallest absolute Gasteiger partial charge is 0.377 e. The van der Waals surface area contributed by atoms with Gasteiger partial charge < -0.3 is 46.5 Å². The number of hydrogen-bond donors (Lipinski definition) is 7. The predicted molar refractivity (Wildman–Crippen MR) is 89.5 cm³/mol. The van der Waals surface area contributed by atoms with Crippen LogP contribution in [0.3, 0.4) is 0 Å². The molecular weight excluding hydrogens is 412 g/mol. The molecule has 4 atom stereocenters. The van der Waals surface area contributed by atoms with Crippen molar-refractivity contribution in [3.05, 3.63) is 0 Å². The Morgan fingerprint density at radius 1 is 1.04 bits per heavy atom. The lowest BCUT2D eigenvalue weighted by Gasteiger charge is -2.33. The zero-order chi connectivity index (χ0) is 21.6. The first-order chi connectivity index (χ1) is 12.1. The van der Waals surface area contributed by atoms with E-state index in [0.717, 1.165) is 0 Å². The van der Waals surface area contributed by atoms with Crippen LogP contribution in [-0.4, -0.2) is 61.9 Å². The molecule has 0 amide bonds. The van der Waals surface area contributed by atoms with Gasteiger partial charge in [-0.25, -0.2) is 4.52 Å². The van der Waals surface area contributed by atoms with Gasteiger partial charge >= 0.3 is 33.6 Å². The van der Waals surface area contributed by atoms with Gasteiger partial charge in [0.15, 0.2) is 0 Å². The molecule has 10 N–H and O–H groups in total. The number of ether oxygens (including phenoxy) is 2. The molecule has 0 saturated heterocycles. The average molecular weight is 437 g/mol. The van der Waals surface area contributed by atoms with Crippen molar-refractivity contribution < 1.29 is 52.5 Å². The minimum absolute atomic E-state index is 0.189. The second-order valence-electron chi connectivity index (χ2n) is 5.58. The lowest BCUT2D eigenvalue weighted by Crippen LogP contribution is -2.40. The van der Waals surface area contributed by atoms with Gasteiger partial charge in [-0.2, -0.15) is 0 Å². The van der Waals surface area contributed by atoms with Crippen LogP contribution in [0, 0.1) is 0 Å². The number of hydrogen-bond acceptors (Lipinski definition) is 11. The highest BCUT2D eigenvalue weighted by Gasteiger charge is 2.61. The molecule has 0 radical (unpaired) electrons. The number of aliphatic hydroxyl groups is 1. The molecule has 16 heteroatoms. The number of rotatable bonds is 11. The summed E-state index contributed by atoms with van der Waals surface area (Å²) < 4.78 is 37.3. The fraction of sp³-hybridized carbons (Fsp3) is 0.818. The van der Waals surface area contributed by atoms with Crippen molar-refractivity contribution in [1.82, 2.24) is 0 Å². The average Bonchev–Trinajstić information content (AvgIpc) is 2.50. The maximum Gasteiger partial charge on any atom is 0.377 e. The summed E-state index contributed by atoms with van der Waals surface area (Å²) in [7, 11) is -11.4. The van der Waals surface area contributed by atoms with E-state index in [2.05, 4.69) is 14.0 Å². The Morgan fingerprint density at radius 2 is 1.44 bits per heavy atom. The molecule has 0 aliphatic heterocycles. The first-order valence-corrected chi connectivity index (χ1v) is 10.7. The first kappa shape index (κ1) is 26.1. The normalized spacial score (nSPS) is 18.9. The van der Waals surface area contributed by atoms with Gasteiger partial charge in [-0.05, 0) is 26.8 Å². The van der Waals surface area contributed by atoms with Crippen molar-refractivity contribution in [2.45, 2.75) is 50.3 Å². The summed E-state index contributed by atoms with van der Waals surface area (Å²) in [6, 6.07) is -2.55. The summed E-state index contributed by atoms with van der Waals surface area (Å²) in [6.45, 7) is -0.420. The van der Waals surface area contributed by atoms with E-state index in [4.69, 9.17) is 17.2 Å². The van der Waals surface area contributed by atoms with Gasteiger partial charge in [-0.15, -0.1) is 0 Å². The van der Waals surface area contributed by atoms with E-state index >= 15 is 0 Å². The molecule has 0 aliphatic carbocycles. The fourth-order valence-electron chi connectivity index (χ4n) is 1.46. The summed E-state index contributed by atoms with van der Waals surface area (Å²) >= 11 is 0. The Hall–Kier alpha value is -0.920. The third-order valence-corrected chi connectivity index (χ3v) is 7.32. The van der Waals surface area contributed by atoms with Gasteiger partial charge in [0.25, 0.3) is 5.08 Å². The third kappa shape index (κ3) is 7.20. The molecule has 0 aliphatic rings. The van der Waals surface area contributed by atoms with Gasteiger partial charge in [-0.1, -0.05) is 0 Å². The summed E-state index contributed by atoms with van der Waals surface area (Å²) in [4.78, 5) is 51.7. The minimum atomic E-state index is -5.69. The Labute approximate surface area is 154 Å². The monoisotopic (exact) mass is 437 g/mol. The summed E-state index contributed by atoms with van der Waals surface area (Å²) in [5, 5.41) is 6.56. The van der Waals surface area contributed by atoms with Gasteiger partial charge in [-0.3, -0.25) is 18.7 Å². The van der Waals surface area contributed by atoms with Gasteiger partial charge in [0.2, 0.25) is 0 Å². The Bertz CT molecular complexity index is 601. The summed E-state index contributed by atoms with van der Waals surface area (Å²) in [6.07, 6.45) is -1.23. The second kappa shape index (κ2) is 10.0. The molecule has 2 unspecified atom stereocenters. The second-order valence-corrected chi connectivity index (χ2v) is 9.75. The Balaban J connectivity index is 5.78. The molecule has 0 rings (SSSR count). The van der Waals surface area contributed by atoms with E-state index in [1.165, 1.54) is 13.8 Å². The molecule has 0 saturated carbocycles. The standard InChI is InChI=1S/C11H25N3O11P2/c1-6(13)8(15)23-10(24-9(16)7(2)14)25-27(21,22)11(17,4-3-5-12)26(18,19)20/h6-7,10,17H,3-5,12-14H2,1-2H3,(H,21,22)(H2,18,19,20)/t6-,7-,11?/m0/s1. The van der Waals surface area contributed by atoms with Gasteiger partial charge in [0.1, 0.15) is 12.1 Å². The van der Waals surface area contributed by atoms with Gasteiger partial charge in [0, 0.05) is 6.42 Å². The van der Waals surface area contributed by atoms with Crippen molar-refractivity contribution in [2.24, 2.45) is 17.2 Å². The molecule has 0 aromatic heterocycles. The third-order valence-electron chi connectivity index (χ3n) is 3.03. The lowest BCUT2D eigenvalue weighted by atomic mass is 10.3. The molecule has 14 nitrogen and oxygen atoms in total. The Morgan fingerprint density at radius 3 is 1.74 bits per heavy atom. The molecule has 0 aromatic carbocycles. The maximum atomic E-state index is 12.4. The first-order valence-electron chi connectivity index (χ1n) is 7.50. The van der Waals surface area contributed by atoms with Crippen molar-refractivity contribution >= 4 is 27.1 Å². The zero-order valence-corrected chi connectivity index (χ0v) is 16.4. The van der Waals surface area contributed by atoms with Crippen molar-refractivity contribution in [3.63, 3.8) is 0 Å². The molecule has 0 spiro atoms. The van der Waals surface area contributed by atoms with E-state index in [1.807, 2.05) is 0 Å². The highest BCUT2D eigenvalue weighted by atomic mass is 31.2. The number of carbonyl (C=O) groups is 2. The van der Waals surface area contributed by atoms with E-state index in [0.29, 0.717) is 0 Å². The van der Waals surface area contributed by atoms with Gasteiger partial charge in [0.05, 0.1) is 0 Å². The Kier molecular flexibility index (Phi) is 9.69. The van der Waals surface area contributed by atoms with Crippen LogP contribution in [0.5, 0.6) is 0 Å². The summed E-state index contributed by atoms with van der Waals surface area (Å²) in [5.74, 6) is -2.50. The van der Waals surface area contributed by atoms with Crippen molar-refractivity contribution in [3.8, 4) is 0 Å². The minimum Gasteiger partial charge on any atom is -0.399 e. The number of carbonyl (C=O) groups excluding carboxylic acids is 2. The van der Waals surface area contributed by atoms with Crippen LogP contribution in [-0.2, 0) is 32.7 Å². The SMILES string of the molecule is C[C@H](N)C(=O)OC(OC(=O)[C@H](C)N)OP(=O)(O)C(O)(CCCN)P(=O)(O)O. The van der Waals surface area contributed by atoms with Crippen LogP contribution in [0.2, 0.25) is 0 Å². The molecule has 0 heterocycles. The van der Waals surface area contributed by atoms with Crippen molar-refractivity contribution in [2.75, 3.05) is 6.54 Å². The molecule has 0 fully saturated rings. The van der Waals surface area contributed by atoms with E-state index in [-0.39, 0.29) is 13.0 Å². The molecule has 27 heavy (non-hydrogen) atoms. The maximum absolute atomic E-state index is 12.4. The highest BCUT2D eigenvalue weighted by molar-refractivity contribution is 7.72. The topological polar surface area (TPSA) is 255 Å². The molecule has 0 aromatic rings. The predicted octanol–water partition coefficient (Wildman–Crippen LogP) is -2.18. The zero-order valence-electron chi connectivity index (χ0n) is 14.6. The van der Waals surface area contributed by atoms with Crippen molar-refractivity contribution in [1.29, 1.82) is 0 Å².